The number of nitro groups is 1. The van der Waals surface area contributed by atoms with E-state index in [1.807, 2.05) is 25.7 Å². The van der Waals surface area contributed by atoms with Crippen LogP contribution in [-0.4, -0.2) is 89.2 Å². The van der Waals surface area contributed by atoms with Crippen LogP contribution in [0.2, 0.25) is 5.02 Å². The number of hydrogen-bond donors (Lipinski definition) is 4. The predicted octanol–water partition coefficient (Wildman–Crippen LogP) is 3.86. The van der Waals surface area contributed by atoms with E-state index in [2.05, 4.69) is 10.0 Å². The molecule has 51 heavy (non-hydrogen) atoms. The predicted molar refractivity (Wildman–Crippen MR) is 192 cm³/mol. The topological polar surface area (TPSA) is 182 Å². The zero-order valence-electron chi connectivity index (χ0n) is 29.2. The van der Waals surface area contributed by atoms with Gasteiger partial charge in [-0.05, 0) is 101 Å². The highest BCUT2D eigenvalue weighted by Gasteiger charge is 2.55. The molecule has 4 aliphatic carbocycles. The number of nitrogens with one attached hydrogen (secondary N) is 2. The third-order valence-corrected chi connectivity index (χ3v) is 13.5. The van der Waals surface area contributed by atoms with Crippen molar-refractivity contribution in [2.24, 2.45) is 23.7 Å². The number of piperazine rings is 1. The van der Waals surface area contributed by atoms with E-state index in [1.54, 1.807) is 29.2 Å². The number of amides is 2. The number of hydrogen-bond acceptors (Lipinski definition) is 9. The van der Waals surface area contributed by atoms with Crippen LogP contribution in [0.25, 0.3) is 0 Å². The number of aliphatic hydroxyl groups is 2. The van der Waals surface area contributed by atoms with Gasteiger partial charge in [0.15, 0.2) is 0 Å². The number of non-ortho nitro benzene ring substituents is 1. The molecule has 0 radical (unpaired) electrons. The van der Waals surface area contributed by atoms with Gasteiger partial charge in [-0.15, -0.1) is 0 Å². The van der Waals surface area contributed by atoms with Crippen molar-refractivity contribution in [3.8, 4) is 0 Å². The van der Waals surface area contributed by atoms with E-state index in [9.17, 15) is 38.3 Å². The van der Waals surface area contributed by atoms with Crippen molar-refractivity contribution >= 4 is 44.8 Å². The van der Waals surface area contributed by atoms with Crippen LogP contribution in [0.15, 0.2) is 53.4 Å². The molecule has 2 amide bonds. The standard InChI is InChI=1S/C36H48ClN5O8S/c1-4-23(34(45)38-33-24-13-22-14-25(33)18-36(46,16-22)17-24)15-31(43)29(39-51(49,50)27-11-9-26(10-12-27)42(47)48)19-40-20-32(44)41(21-35(40,2)3)30-8-6-5-7-28(30)37/h5-12,22-25,29,31,33,39,43,46H,4,13-21H2,1-3H3,(H,38,45)/t22?,23-,24?,25?,29+,31+,33?,36?/m1/s1. The Morgan fingerprint density at radius 3 is 2.33 bits per heavy atom. The van der Waals surface area contributed by atoms with Gasteiger partial charge in [0.25, 0.3) is 5.69 Å². The largest absolute Gasteiger partial charge is 0.391 e. The summed E-state index contributed by atoms with van der Waals surface area (Å²) >= 11 is 6.43. The van der Waals surface area contributed by atoms with Gasteiger partial charge in [-0.3, -0.25) is 24.6 Å². The Hall–Kier alpha value is -3.14. The van der Waals surface area contributed by atoms with Crippen LogP contribution >= 0.6 is 11.6 Å². The van der Waals surface area contributed by atoms with E-state index in [4.69, 9.17) is 11.6 Å². The van der Waals surface area contributed by atoms with Crippen LogP contribution in [-0.2, 0) is 19.6 Å². The van der Waals surface area contributed by atoms with Crippen molar-refractivity contribution in [1.29, 1.82) is 0 Å². The Bertz CT molecular complexity index is 1740. The number of rotatable bonds is 13. The number of sulfonamides is 1. The molecule has 5 atom stereocenters. The number of para-hydroxylation sites is 1. The number of halogens is 1. The fourth-order valence-corrected chi connectivity index (χ4v) is 10.6. The molecule has 4 bridgehead atoms. The molecule has 7 rings (SSSR count). The lowest BCUT2D eigenvalue weighted by Gasteiger charge is -2.58. The van der Waals surface area contributed by atoms with Gasteiger partial charge in [0.1, 0.15) is 0 Å². The van der Waals surface area contributed by atoms with Crippen molar-refractivity contribution in [3.05, 3.63) is 63.7 Å². The normalized spacial score (nSPS) is 29.1. The summed E-state index contributed by atoms with van der Waals surface area (Å²) in [6.45, 7) is 5.78. The third kappa shape index (κ3) is 7.96. The van der Waals surface area contributed by atoms with Crippen LogP contribution in [0.5, 0.6) is 0 Å². The quantitative estimate of drug-likeness (QED) is 0.175. The van der Waals surface area contributed by atoms with Crippen LogP contribution in [0, 0.1) is 33.8 Å². The molecule has 2 unspecified atom stereocenters. The Morgan fingerprint density at radius 1 is 1.10 bits per heavy atom. The molecule has 0 aromatic heterocycles. The molecule has 1 saturated heterocycles. The number of carbonyl (C=O) groups is 2. The molecule has 2 aromatic carbocycles. The van der Waals surface area contributed by atoms with Crippen LogP contribution in [0.1, 0.15) is 65.7 Å². The lowest BCUT2D eigenvalue weighted by molar-refractivity contribution is -0.384. The fourth-order valence-electron chi connectivity index (χ4n) is 9.14. The zero-order valence-corrected chi connectivity index (χ0v) is 30.8. The van der Waals surface area contributed by atoms with E-state index in [0.717, 1.165) is 43.5 Å². The van der Waals surface area contributed by atoms with Gasteiger partial charge in [-0.2, -0.15) is 0 Å². The summed E-state index contributed by atoms with van der Waals surface area (Å²) < 4.78 is 30.0. The second kappa shape index (κ2) is 14.4. The molecule has 1 heterocycles. The van der Waals surface area contributed by atoms with Crippen molar-refractivity contribution < 1.29 is 33.1 Å². The van der Waals surface area contributed by atoms with Gasteiger partial charge in [-0.1, -0.05) is 30.7 Å². The van der Waals surface area contributed by atoms with E-state index in [0.29, 0.717) is 35.9 Å². The lowest BCUT2D eigenvalue weighted by Crippen LogP contribution is -2.65. The van der Waals surface area contributed by atoms with Gasteiger partial charge in [0.05, 0.1) is 44.8 Å². The Balaban J connectivity index is 1.21. The summed E-state index contributed by atoms with van der Waals surface area (Å²) in [5, 5.41) is 37.7. The molecule has 1 aliphatic heterocycles. The SMILES string of the molecule is CC[C@H](C[C@H](O)[C@H](CN1CC(=O)N(c2ccccc2Cl)CC1(C)C)NS(=O)(=O)c1ccc([N+](=O)[O-])cc1)C(=O)NC1C2CC3CC1CC(O)(C3)C2. The minimum atomic E-state index is -4.31. The summed E-state index contributed by atoms with van der Waals surface area (Å²) in [5.41, 5.74) is -1.03. The maximum atomic E-state index is 13.8. The number of aliphatic hydroxyl groups excluding tert-OH is 1. The molecule has 0 spiro atoms. The van der Waals surface area contributed by atoms with Gasteiger partial charge < -0.3 is 20.4 Å². The summed E-state index contributed by atoms with van der Waals surface area (Å²) in [6.07, 6.45) is 3.17. The monoisotopic (exact) mass is 745 g/mol. The van der Waals surface area contributed by atoms with Gasteiger partial charge in [-0.25, -0.2) is 13.1 Å². The van der Waals surface area contributed by atoms with Gasteiger partial charge >= 0.3 is 0 Å². The number of nitrogens with zero attached hydrogens (tertiary/aromatic N) is 3. The highest BCUT2D eigenvalue weighted by molar-refractivity contribution is 7.89. The number of benzene rings is 2. The Labute approximate surface area is 303 Å². The van der Waals surface area contributed by atoms with Gasteiger partial charge in [0.2, 0.25) is 21.8 Å². The van der Waals surface area contributed by atoms with Crippen molar-refractivity contribution in [2.45, 2.75) is 99.9 Å². The summed E-state index contributed by atoms with van der Waals surface area (Å²) in [7, 11) is -4.31. The summed E-state index contributed by atoms with van der Waals surface area (Å²) in [5.74, 6) is -0.187. The van der Waals surface area contributed by atoms with E-state index in [-0.39, 0.29) is 66.3 Å². The lowest BCUT2D eigenvalue weighted by atomic mass is 9.52. The first-order valence-electron chi connectivity index (χ1n) is 17.8. The van der Waals surface area contributed by atoms with Crippen molar-refractivity contribution in [3.63, 3.8) is 0 Å². The van der Waals surface area contributed by atoms with E-state index in [1.165, 1.54) is 0 Å². The molecule has 13 nitrogen and oxygen atoms in total. The fraction of sp³-hybridized carbons (Fsp3) is 0.611. The molecule has 4 saturated carbocycles. The number of anilines is 1. The van der Waals surface area contributed by atoms with E-state index < -0.39 is 44.2 Å². The first kappa shape index (κ1) is 37.6. The van der Waals surface area contributed by atoms with Crippen molar-refractivity contribution in [2.75, 3.05) is 24.5 Å². The van der Waals surface area contributed by atoms with Crippen LogP contribution in [0.4, 0.5) is 11.4 Å². The van der Waals surface area contributed by atoms with Crippen LogP contribution < -0.4 is 14.9 Å². The highest BCUT2D eigenvalue weighted by Crippen LogP contribution is 2.55. The Kier molecular flexibility index (Phi) is 10.6. The minimum Gasteiger partial charge on any atom is -0.391 e. The second-order valence-electron chi connectivity index (χ2n) is 15.7. The molecular formula is C36H48ClN5O8S. The maximum Gasteiger partial charge on any atom is 0.269 e. The van der Waals surface area contributed by atoms with Gasteiger partial charge in [0, 0.05) is 42.7 Å². The molecule has 4 N–H and O–H groups in total. The average Bonchev–Trinajstić information content (AvgIpc) is 3.05. The van der Waals surface area contributed by atoms with Crippen molar-refractivity contribution in [1.82, 2.24) is 14.9 Å². The summed E-state index contributed by atoms with van der Waals surface area (Å²) in [4.78, 5) is 41.1. The maximum absolute atomic E-state index is 13.8. The first-order valence-corrected chi connectivity index (χ1v) is 19.6. The zero-order chi connectivity index (χ0) is 36.9. The molecule has 15 heteroatoms. The molecule has 5 aliphatic rings. The number of nitro benzene ring substituents is 1. The molecule has 2 aromatic rings. The average molecular weight is 746 g/mol. The second-order valence-corrected chi connectivity index (χ2v) is 17.9. The summed E-state index contributed by atoms with van der Waals surface area (Å²) in [6, 6.07) is 10.3. The first-order chi connectivity index (χ1) is 24.0. The Morgan fingerprint density at radius 2 is 1.75 bits per heavy atom. The molecular weight excluding hydrogens is 698 g/mol. The molecule has 5 fully saturated rings. The van der Waals surface area contributed by atoms with Crippen LogP contribution in [0.3, 0.4) is 0 Å². The third-order valence-electron chi connectivity index (χ3n) is 11.7. The van der Waals surface area contributed by atoms with E-state index >= 15 is 0 Å². The number of carbonyl (C=O) groups excluding carboxylic acids is 2. The smallest absolute Gasteiger partial charge is 0.269 e. The minimum absolute atomic E-state index is 0.0433. The highest BCUT2D eigenvalue weighted by atomic mass is 35.5. The molecule has 278 valence electrons.